The Kier molecular flexibility index (Phi) is 8.93. The van der Waals surface area contributed by atoms with Crippen LogP contribution in [-0.2, 0) is 19.4 Å². The summed E-state index contributed by atoms with van der Waals surface area (Å²) in [4.78, 5) is 4.42. The number of fused-ring (bicyclic) bond motifs is 1. The van der Waals surface area contributed by atoms with Crippen LogP contribution in [0.3, 0.4) is 0 Å². The van der Waals surface area contributed by atoms with E-state index in [1.54, 1.807) is 25.3 Å². The normalized spacial score (nSPS) is 14.9. The van der Waals surface area contributed by atoms with Crippen molar-refractivity contribution < 1.29 is 19.0 Å². The zero-order valence-electron chi connectivity index (χ0n) is 22.5. The van der Waals surface area contributed by atoms with Gasteiger partial charge in [0.25, 0.3) is 0 Å². The number of likely N-dealkylation sites (N-methyl/N-ethyl adjacent to an activating group) is 1. The van der Waals surface area contributed by atoms with Gasteiger partial charge >= 0.3 is 0 Å². The van der Waals surface area contributed by atoms with Crippen molar-refractivity contribution in [2.75, 3.05) is 45.3 Å². The van der Waals surface area contributed by atoms with Crippen molar-refractivity contribution in [3.05, 3.63) is 82.7 Å². The van der Waals surface area contributed by atoms with Gasteiger partial charge in [-0.3, -0.25) is 0 Å². The Morgan fingerprint density at radius 1 is 1.00 bits per heavy atom. The van der Waals surface area contributed by atoms with E-state index in [9.17, 15) is 9.50 Å². The number of rotatable bonds is 11. The van der Waals surface area contributed by atoms with E-state index < -0.39 is 0 Å². The number of nitrogens with zero attached hydrogens (tertiary/aromatic N) is 2. The molecule has 0 spiro atoms. The van der Waals surface area contributed by atoms with Crippen LogP contribution < -0.4 is 14.4 Å². The molecule has 0 radical (unpaired) electrons. The van der Waals surface area contributed by atoms with Crippen LogP contribution in [0.4, 0.5) is 10.1 Å². The minimum absolute atomic E-state index is 0.297. The molecule has 1 aliphatic rings. The summed E-state index contributed by atoms with van der Waals surface area (Å²) in [6, 6.07) is 17.3. The second-order valence-corrected chi connectivity index (χ2v) is 9.84. The van der Waals surface area contributed by atoms with Crippen LogP contribution in [0.1, 0.15) is 48.4 Å². The lowest BCUT2D eigenvalue weighted by atomic mass is 9.79. The Labute approximate surface area is 220 Å². The molecule has 1 atom stereocenters. The number of benzene rings is 3. The van der Waals surface area contributed by atoms with Crippen LogP contribution in [0.25, 0.3) is 0 Å². The molecule has 0 aromatic heterocycles. The topological polar surface area (TPSA) is 45.2 Å². The number of phenols is 1. The zero-order chi connectivity index (χ0) is 26.4. The zero-order valence-corrected chi connectivity index (χ0v) is 22.5. The Bertz CT molecular complexity index is 1200. The number of halogens is 1. The lowest BCUT2D eigenvalue weighted by molar-refractivity contribution is 0.236. The molecule has 0 heterocycles. The van der Waals surface area contributed by atoms with E-state index in [-0.39, 0.29) is 5.82 Å². The number of phenolic OH excluding ortho intramolecular Hbond substituents is 1. The number of anilines is 1. The minimum Gasteiger partial charge on any atom is -0.508 e. The predicted octanol–water partition coefficient (Wildman–Crippen LogP) is 6.17. The third-order valence-electron chi connectivity index (χ3n) is 7.46. The Hall–Kier alpha value is -3.25. The SMILES string of the molecule is CCN(C)CCOc1ccc(CN(CC)c2cc(OC)ccc2C2CCc3cc(O)ccc3C2)cc1F. The van der Waals surface area contributed by atoms with Crippen LogP contribution in [0.5, 0.6) is 17.2 Å². The lowest BCUT2D eigenvalue weighted by Crippen LogP contribution is -2.25. The molecular weight excluding hydrogens is 467 g/mol. The van der Waals surface area contributed by atoms with Crippen molar-refractivity contribution in [3.63, 3.8) is 0 Å². The summed E-state index contributed by atoms with van der Waals surface area (Å²) in [5, 5.41) is 9.87. The van der Waals surface area contributed by atoms with Gasteiger partial charge in [0, 0.05) is 31.4 Å². The van der Waals surface area contributed by atoms with E-state index in [2.05, 4.69) is 35.8 Å². The third-order valence-corrected chi connectivity index (χ3v) is 7.46. The molecule has 6 heteroatoms. The molecule has 0 amide bonds. The smallest absolute Gasteiger partial charge is 0.165 e. The summed E-state index contributed by atoms with van der Waals surface area (Å²) in [7, 11) is 3.71. The summed E-state index contributed by atoms with van der Waals surface area (Å²) in [6.07, 6.45) is 2.88. The molecule has 0 saturated carbocycles. The maximum absolute atomic E-state index is 14.9. The summed E-state index contributed by atoms with van der Waals surface area (Å²) in [5.74, 6) is 1.47. The van der Waals surface area contributed by atoms with Gasteiger partial charge in [-0.05, 0) is 98.3 Å². The first kappa shape index (κ1) is 26.8. The van der Waals surface area contributed by atoms with Gasteiger partial charge in [-0.25, -0.2) is 4.39 Å². The van der Waals surface area contributed by atoms with Crippen LogP contribution in [0, 0.1) is 5.82 Å². The van der Waals surface area contributed by atoms with Gasteiger partial charge in [0.1, 0.15) is 18.1 Å². The summed E-state index contributed by atoms with van der Waals surface area (Å²) in [6.45, 7) is 7.72. The molecule has 4 rings (SSSR count). The molecule has 198 valence electrons. The highest BCUT2D eigenvalue weighted by Gasteiger charge is 2.25. The van der Waals surface area contributed by atoms with Crippen LogP contribution >= 0.6 is 0 Å². The number of methoxy groups -OCH3 is 1. The van der Waals surface area contributed by atoms with E-state index in [0.29, 0.717) is 30.6 Å². The van der Waals surface area contributed by atoms with Crippen molar-refractivity contribution in [1.82, 2.24) is 4.90 Å². The summed E-state index contributed by atoms with van der Waals surface area (Å²) < 4.78 is 26.1. The van der Waals surface area contributed by atoms with Crippen molar-refractivity contribution in [3.8, 4) is 17.2 Å². The second kappa shape index (κ2) is 12.3. The van der Waals surface area contributed by atoms with E-state index in [0.717, 1.165) is 55.9 Å². The van der Waals surface area contributed by atoms with Crippen LogP contribution in [0.2, 0.25) is 0 Å². The molecule has 3 aromatic carbocycles. The molecule has 37 heavy (non-hydrogen) atoms. The summed E-state index contributed by atoms with van der Waals surface area (Å²) >= 11 is 0. The van der Waals surface area contributed by atoms with Gasteiger partial charge in [-0.1, -0.05) is 25.1 Å². The molecule has 1 unspecified atom stereocenters. The Morgan fingerprint density at radius 3 is 2.57 bits per heavy atom. The highest BCUT2D eigenvalue weighted by molar-refractivity contribution is 5.60. The highest BCUT2D eigenvalue weighted by atomic mass is 19.1. The van der Waals surface area contributed by atoms with Crippen LogP contribution in [-0.4, -0.2) is 50.4 Å². The molecule has 3 aromatic rings. The molecule has 1 N–H and O–H groups in total. The Morgan fingerprint density at radius 2 is 1.84 bits per heavy atom. The van der Waals surface area contributed by atoms with E-state index in [4.69, 9.17) is 9.47 Å². The predicted molar refractivity (Wildman–Crippen MR) is 148 cm³/mol. The minimum atomic E-state index is -0.328. The van der Waals surface area contributed by atoms with Crippen molar-refractivity contribution in [2.45, 2.75) is 45.6 Å². The van der Waals surface area contributed by atoms with Gasteiger partial charge in [-0.15, -0.1) is 0 Å². The quantitative estimate of drug-likeness (QED) is 0.337. The number of aryl methyl sites for hydroxylation is 1. The fourth-order valence-electron chi connectivity index (χ4n) is 5.09. The average Bonchev–Trinajstić information content (AvgIpc) is 2.92. The van der Waals surface area contributed by atoms with E-state index >= 15 is 0 Å². The largest absolute Gasteiger partial charge is 0.508 e. The maximum Gasteiger partial charge on any atom is 0.165 e. The van der Waals surface area contributed by atoms with Crippen molar-refractivity contribution >= 4 is 5.69 Å². The standard InChI is InChI=1S/C31H39FN2O3/c1-5-33(3)15-16-37-31-14-7-22(17-29(31)32)21-34(6-2)30-20-27(36-4)12-13-28(30)25-9-8-24-19-26(35)11-10-23(24)18-25/h7,10-14,17,19-20,25,35H,5-6,8-9,15-16,18,21H2,1-4H3. The fourth-order valence-corrected chi connectivity index (χ4v) is 5.09. The van der Waals surface area contributed by atoms with Crippen molar-refractivity contribution in [1.29, 1.82) is 0 Å². The molecule has 0 saturated heterocycles. The van der Waals surface area contributed by atoms with Gasteiger partial charge < -0.3 is 24.4 Å². The number of ether oxygens (including phenoxy) is 2. The molecule has 0 fully saturated rings. The van der Waals surface area contributed by atoms with Gasteiger partial charge in [0.05, 0.1) is 7.11 Å². The van der Waals surface area contributed by atoms with Gasteiger partial charge in [0.15, 0.2) is 11.6 Å². The summed E-state index contributed by atoms with van der Waals surface area (Å²) in [5.41, 5.74) is 5.83. The fraction of sp³-hybridized carbons (Fsp3) is 0.419. The number of aromatic hydroxyl groups is 1. The average molecular weight is 507 g/mol. The maximum atomic E-state index is 14.9. The van der Waals surface area contributed by atoms with Gasteiger partial charge in [0.2, 0.25) is 0 Å². The number of hydrogen-bond donors (Lipinski definition) is 1. The molecule has 1 aliphatic carbocycles. The third kappa shape index (κ3) is 6.55. The van der Waals surface area contributed by atoms with E-state index in [1.807, 2.05) is 31.3 Å². The van der Waals surface area contributed by atoms with Gasteiger partial charge in [-0.2, -0.15) is 0 Å². The Balaban J connectivity index is 1.54. The lowest BCUT2D eigenvalue weighted by Gasteiger charge is -2.32. The van der Waals surface area contributed by atoms with Crippen LogP contribution in [0.15, 0.2) is 54.6 Å². The highest BCUT2D eigenvalue weighted by Crippen LogP contribution is 2.40. The molecular formula is C31H39FN2O3. The number of hydrogen-bond acceptors (Lipinski definition) is 5. The first-order valence-electron chi connectivity index (χ1n) is 13.2. The van der Waals surface area contributed by atoms with E-state index in [1.165, 1.54) is 16.7 Å². The van der Waals surface area contributed by atoms with Crippen molar-refractivity contribution in [2.24, 2.45) is 0 Å². The second-order valence-electron chi connectivity index (χ2n) is 9.84. The molecule has 0 aliphatic heterocycles. The first-order chi connectivity index (χ1) is 17.9. The first-order valence-corrected chi connectivity index (χ1v) is 13.2. The monoisotopic (exact) mass is 506 g/mol. The molecule has 5 nitrogen and oxygen atoms in total. The molecule has 0 bridgehead atoms.